The number of hydrogen-bond donors (Lipinski definition) is 3. The van der Waals surface area contributed by atoms with Gasteiger partial charge in [0.1, 0.15) is 6.42 Å². The van der Waals surface area contributed by atoms with Crippen molar-refractivity contribution in [3.8, 4) is 11.5 Å². The summed E-state index contributed by atoms with van der Waals surface area (Å²) in [5, 5.41) is 15.7. The van der Waals surface area contributed by atoms with E-state index in [0.29, 0.717) is 0 Å². The Kier molecular flexibility index (Phi) is 6.59. The summed E-state index contributed by atoms with van der Waals surface area (Å²) in [7, 11) is 1.38. The zero-order chi connectivity index (χ0) is 20.7. The first-order valence-electron chi connectivity index (χ1n) is 7.85. The Morgan fingerprint density at radius 3 is 2.57 bits per heavy atom. The molecule has 0 radical (unpaired) electrons. The van der Waals surface area contributed by atoms with Crippen molar-refractivity contribution in [3.05, 3.63) is 53.6 Å². The fourth-order valence-corrected chi connectivity index (χ4v) is 2.15. The van der Waals surface area contributed by atoms with E-state index in [9.17, 15) is 27.9 Å². The molecule has 0 atom stereocenters. The van der Waals surface area contributed by atoms with E-state index in [1.54, 1.807) is 6.07 Å². The van der Waals surface area contributed by atoms with Gasteiger partial charge in [-0.25, -0.2) is 5.43 Å². The SMILES string of the molecule is COc1cccc(C=NNC(=O)CC(=O)Nc2cccc(C(F)(F)F)c2)c1O. The van der Waals surface area contributed by atoms with Crippen LogP contribution in [0.2, 0.25) is 0 Å². The van der Waals surface area contributed by atoms with Crippen molar-refractivity contribution in [3.63, 3.8) is 0 Å². The topological polar surface area (TPSA) is 100 Å². The van der Waals surface area contributed by atoms with Crippen molar-refractivity contribution in [1.29, 1.82) is 0 Å². The van der Waals surface area contributed by atoms with Gasteiger partial charge in [0, 0.05) is 11.3 Å². The molecule has 7 nitrogen and oxygen atoms in total. The highest BCUT2D eigenvalue weighted by Gasteiger charge is 2.30. The summed E-state index contributed by atoms with van der Waals surface area (Å²) in [5.74, 6) is -1.56. The molecular weight excluding hydrogens is 379 g/mol. The molecule has 0 aromatic heterocycles. The van der Waals surface area contributed by atoms with E-state index >= 15 is 0 Å². The maximum Gasteiger partial charge on any atom is 0.416 e. The third kappa shape index (κ3) is 5.73. The van der Waals surface area contributed by atoms with Gasteiger partial charge >= 0.3 is 6.18 Å². The summed E-state index contributed by atoms with van der Waals surface area (Å²) in [6, 6.07) is 8.70. The molecule has 2 rings (SSSR count). The average molecular weight is 395 g/mol. The van der Waals surface area contributed by atoms with Crippen LogP contribution in [0.25, 0.3) is 0 Å². The normalized spacial score (nSPS) is 11.3. The fourth-order valence-electron chi connectivity index (χ4n) is 2.15. The first-order valence-corrected chi connectivity index (χ1v) is 7.85. The Balaban J connectivity index is 1.90. The lowest BCUT2D eigenvalue weighted by atomic mass is 10.2. The lowest BCUT2D eigenvalue weighted by molar-refractivity contribution is -0.137. The summed E-state index contributed by atoms with van der Waals surface area (Å²) in [4.78, 5) is 23.5. The van der Waals surface area contributed by atoms with Gasteiger partial charge in [-0.05, 0) is 30.3 Å². The van der Waals surface area contributed by atoms with Crippen LogP contribution in [0, 0.1) is 0 Å². The van der Waals surface area contributed by atoms with Crippen LogP contribution in [0.4, 0.5) is 18.9 Å². The number of hydrazone groups is 1. The van der Waals surface area contributed by atoms with E-state index in [-0.39, 0.29) is 22.7 Å². The number of phenolic OH excluding ortho intramolecular Hbond substituents is 1. The highest BCUT2D eigenvalue weighted by Crippen LogP contribution is 2.30. The summed E-state index contributed by atoms with van der Waals surface area (Å²) >= 11 is 0. The number of hydrogen-bond acceptors (Lipinski definition) is 5. The lowest BCUT2D eigenvalue weighted by Gasteiger charge is -2.09. The molecule has 0 aliphatic carbocycles. The van der Waals surface area contributed by atoms with E-state index in [0.717, 1.165) is 24.4 Å². The smallest absolute Gasteiger partial charge is 0.416 e. The van der Waals surface area contributed by atoms with Crippen molar-refractivity contribution in [2.45, 2.75) is 12.6 Å². The second-order valence-electron chi connectivity index (χ2n) is 5.49. The molecule has 0 saturated carbocycles. The molecule has 0 aliphatic heterocycles. The highest BCUT2D eigenvalue weighted by atomic mass is 19.4. The van der Waals surface area contributed by atoms with Crippen LogP contribution in [-0.2, 0) is 15.8 Å². The van der Waals surface area contributed by atoms with Crippen LogP contribution >= 0.6 is 0 Å². The third-order valence-electron chi connectivity index (χ3n) is 3.44. The average Bonchev–Trinajstić information content (AvgIpc) is 2.62. The zero-order valence-corrected chi connectivity index (χ0v) is 14.6. The first-order chi connectivity index (χ1) is 13.2. The number of aromatic hydroxyl groups is 1. The summed E-state index contributed by atoms with van der Waals surface area (Å²) < 4.78 is 42.9. The van der Waals surface area contributed by atoms with Gasteiger partial charge in [-0.3, -0.25) is 9.59 Å². The Morgan fingerprint density at radius 2 is 1.89 bits per heavy atom. The lowest BCUT2D eigenvalue weighted by Crippen LogP contribution is -2.24. The fraction of sp³-hybridized carbons (Fsp3) is 0.167. The van der Waals surface area contributed by atoms with Gasteiger partial charge in [-0.2, -0.15) is 18.3 Å². The molecule has 0 spiro atoms. The van der Waals surface area contributed by atoms with Crippen molar-refractivity contribution in [2.24, 2.45) is 5.10 Å². The number of methoxy groups -OCH3 is 1. The number of benzene rings is 2. The van der Waals surface area contributed by atoms with Crippen LogP contribution in [0.1, 0.15) is 17.5 Å². The van der Waals surface area contributed by atoms with E-state index in [1.165, 1.54) is 25.3 Å². The molecule has 0 fully saturated rings. The molecule has 10 heteroatoms. The largest absolute Gasteiger partial charge is 0.504 e. The minimum absolute atomic E-state index is 0.0857. The molecule has 2 aromatic rings. The van der Waals surface area contributed by atoms with Crippen LogP contribution in [0.5, 0.6) is 11.5 Å². The quantitative estimate of drug-likeness (QED) is 0.398. The summed E-state index contributed by atoms with van der Waals surface area (Å²) in [6.45, 7) is 0. The number of ether oxygens (including phenoxy) is 1. The van der Waals surface area contributed by atoms with E-state index in [4.69, 9.17) is 4.74 Å². The van der Waals surface area contributed by atoms with Crippen LogP contribution in [0.3, 0.4) is 0 Å². The second-order valence-corrected chi connectivity index (χ2v) is 5.49. The van der Waals surface area contributed by atoms with Gasteiger partial charge in [0.05, 0.1) is 18.9 Å². The number of halogens is 3. The summed E-state index contributed by atoms with van der Waals surface area (Å²) in [5.41, 5.74) is 1.35. The molecule has 0 unspecified atom stereocenters. The predicted octanol–water partition coefficient (Wildman–Crippen LogP) is 2.90. The van der Waals surface area contributed by atoms with Crippen molar-refractivity contribution in [2.75, 3.05) is 12.4 Å². The van der Waals surface area contributed by atoms with Gasteiger partial charge < -0.3 is 15.2 Å². The second kappa shape index (κ2) is 8.89. The van der Waals surface area contributed by atoms with Crippen LogP contribution in [0.15, 0.2) is 47.6 Å². The highest BCUT2D eigenvalue weighted by molar-refractivity contribution is 6.03. The molecule has 2 aromatic carbocycles. The van der Waals surface area contributed by atoms with E-state index < -0.39 is 30.0 Å². The molecule has 28 heavy (non-hydrogen) atoms. The number of rotatable bonds is 6. The standard InChI is InChI=1S/C18H16F3N3O4/c1-28-14-7-2-4-11(17(14)27)10-22-24-16(26)9-15(25)23-13-6-3-5-12(8-13)18(19,20)21/h2-8,10,27H,9H2,1H3,(H,23,25)(H,24,26). The van der Waals surface area contributed by atoms with Crippen LogP contribution in [-0.4, -0.2) is 30.2 Å². The Labute approximate surface area is 157 Å². The molecule has 2 amide bonds. The summed E-state index contributed by atoms with van der Waals surface area (Å²) in [6.07, 6.45) is -4.04. The van der Waals surface area contributed by atoms with Crippen molar-refractivity contribution >= 4 is 23.7 Å². The number of carbonyl (C=O) groups is 2. The number of nitrogens with one attached hydrogen (secondary N) is 2. The van der Waals surface area contributed by atoms with Crippen LogP contribution < -0.4 is 15.5 Å². The van der Waals surface area contributed by atoms with Crippen molar-refractivity contribution < 1.29 is 32.6 Å². The number of amides is 2. The van der Waals surface area contributed by atoms with Gasteiger partial charge in [0.25, 0.3) is 0 Å². The minimum atomic E-state index is -4.54. The first kappa shape index (κ1) is 20.7. The van der Waals surface area contributed by atoms with Gasteiger partial charge in [-0.1, -0.05) is 12.1 Å². The van der Waals surface area contributed by atoms with E-state index in [2.05, 4.69) is 15.8 Å². The molecule has 0 aliphatic rings. The predicted molar refractivity (Wildman–Crippen MR) is 95.1 cm³/mol. The van der Waals surface area contributed by atoms with Gasteiger partial charge in [0.15, 0.2) is 11.5 Å². The molecular formula is C18H16F3N3O4. The molecule has 148 valence electrons. The molecule has 0 saturated heterocycles. The number of alkyl halides is 3. The molecule has 3 N–H and O–H groups in total. The third-order valence-corrected chi connectivity index (χ3v) is 3.44. The number of para-hydroxylation sites is 1. The maximum atomic E-state index is 12.7. The van der Waals surface area contributed by atoms with Gasteiger partial charge in [-0.15, -0.1) is 0 Å². The number of phenols is 1. The number of carbonyl (C=O) groups excluding carboxylic acids is 2. The van der Waals surface area contributed by atoms with Gasteiger partial charge in [0.2, 0.25) is 11.8 Å². The number of anilines is 1. The van der Waals surface area contributed by atoms with E-state index in [1.807, 2.05) is 0 Å². The minimum Gasteiger partial charge on any atom is -0.504 e. The Hall–Kier alpha value is -3.56. The van der Waals surface area contributed by atoms with Crippen molar-refractivity contribution in [1.82, 2.24) is 5.43 Å². The number of nitrogens with zero attached hydrogens (tertiary/aromatic N) is 1. The monoisotopic (exact) mass is 395 g/mol. The molecule has 0 bridgehead atoms. The Bertz CT molecular complexity index is 898. The Morgan fingerprint density at radius 1 is 1.18 bits per heavy atom. The maximum absolute atomic E-state index is 12.7. The molecule has 0 heterocycles. The zero-order valence-electron chi connectivity index (χ0n) is 14.6.